The van der Waals surface area contributed by atoms with Gasteiger partial charge in [0.25, 0.3) is 0 Å². The van der Waals surface area contributed by atoms with Crippen LogP contribution in [0.5, 0.6) is 5.75 Å². The second-order valence-corrected chi connectivity index (χ2v) is 4.10. The number of ether oxygens (including phenoxy) is 1. The first-order chi connectivity index (χ1) is 7.75. The van der Waals surface area contributed by atoms with Gasteiger partial charge in [0.05, 0.1) is 24.7 Å². The first-order valence-corrected chi connectivity index (χ1v) is 5.94. The molecule has 88 valence electrons. The zero-order valence-electron chi connectivity index (χ0n) is 9.71. The van der Waals surface area contributed by atoms with Crippen LogP contribution in [0, 0.1) is 6.92 Å². The van der Waals surface area contributed by atoms with Gasteiger partial charge in [0.1, 0.15) is 5.75 Å². The second kappa shape index (κ2) is 7.31. The molecular weight excluding hydrogens is 222 g/mol. The summed E-state index contributed by atoms with van der Waals surface area (Å²) < 4.78 is 5.67. The van der Waals surface area contributed by atoms with Crippen LogP contribution in [0.25, 0.3) is 0 Å². The van der Waals surface area contributed by atoms with Crippen LogP contribution in [0.4, 0.5) is 0 Å². The van der Waals surface area contributed by atoms with E-state index in [9.17, 15) is 0 Å². The molecule has 3 heteroatoms. The smallest absolute Gasteiger partial charge is 0.140 e. The molecule has 0 amide bonds. The number of hydrogen-bond donors (Lipinski definition) is 1. The number of nitrogens with two attached hydrogens (primary N) is 1. The minimum absolute atomic E-state index is 0.690. The highest BCUT2D eigenvalue weighted by atomic mass is 35.5. The zero-order chi connectivity index (χ0) is 11.8. The van der Waals surface area contributed by atoms with Crippen molar-refractivity contribution >= 4 is 11.6 Å². The van der Waals surface area contributed by atoms with Crippen molar-refractivity contribution in [3.63, 3.8) is 0 Å². The van der Waals surface area contributed by atoms with Crippen LogP contribution in [0.3, 0.4) is 0 Å². The van der Waals surface area contributed by atoms with Gasteiger partial charge in [-0.25, -0.2) is 0 Å². The summed E-state index contributed by atoms with van der Waals surface area (Å²) >= 11 is 6.05. The van der Waals surface area contributed by atoms with Gasteiger partial charge in [0.15, 0.2) is 0 Å². The molecule has 0 saturated heterocycles. The van der Waals surface area contributed by atoms with E-state index in [2.05, 4.69) is 11.9 Å². The van der Waals surface area contributed by atoms with E-state index in [1.807, 2.05) is 31.2 Å². The fourth-order valence-corrected chi connectivity index (χ4v) is 1.71. The van der Waals surface area contributed by atoms with Gasteiger partial charge in [-0.3, -0.25) is 0 Å². The van der Waals surface area contributed by atoms with Crippen LogP contribution in [0.15, 0.2) is 30.9 Å². The SMILES string of the molecule is C=CC[NH2+]CCCOc1c(C)cccc1Cl. The normalized spacial score (nSPS) is 10.1. The Hall–Kier alpha value is -0.990. The fourth-order valence-electron chi connectivity index (χ4n) is 1.44. The molecule has 0 atom stereocenters. The molecule has 0 fully saturated rings. The molecule has 2 N–H and O–H groups in total. The number of quaternary nitrogens is 1. The van der Waals surface area contributed by atoms with Gasteiger partial charge in [-0.15, -0.1) is 0 Å². The van der Waals surface area contributed by atoms with E-state index in [-0.39, 0.29) is 0 Å². The quantitative estimate of drug-likeness (QED) is 0.574. The fraction of sp³-hybridized carbons (Fsp3) is 0.385. The van der Waals surface area contributed by atoms with Crippen LogP contribution >= 0.6 is 11.6 Å². The Labute approximate surface area is 102 Å². The number of hydrogen-bond acceptors (Lipinski definition) is 1. The highest BCUT2D eigenvalue weighted by Gasteiger charge is 2.04. The largest absolute Gasteiger partial charge is 0.492 e. The lowest BCUT2D eigenvalue weighted by molar-refractivity contribution is -0.646. The molecule has 0 bridgehead atoms. The van der Waals surface area contributed by atoms with Crippen LogP contribution in [0.2, 0.25) is 5.02 Å². The molecule has 1 rings (SSSR count). The van der Waals surface area contributed by atoms with E-state index in [0.717, 1.165) is 30.8 Å². The van der Waals surface area contributed by atoms with E-state index < -0.39 is 0 Å². The molecule has 0 unspecified atom stereocenters. The average molecular weight is 241 g/mol. The van der Waals surface area contributed by atoms with Gasteiger partial charge in [-0.05, 0) is 24.6 Å². The first-order valence-electron chi connectivity index (χ1n) is 5.56. The van der Waals surface area contributed by atoms with Crippen molar-refractivity contribution in [2.24, 2.45) is 0 Å². The predicted octanol–water partition coefficient (Wildman–Crippen LogP) is 2.17. The first kappa shape index (κ1) is 13.1. The molecule has 0 heterocycles. The van der Waals surface area contributed by atoms with Gasteiger partial charge in [-0.2, -0.15) is 0 Å². The molecule has 0 aliphatic carbocycles. The molecule has 0 aromatic heterocycles. The highest BCUT2D eigenvalue weighted by molar-refractivity contribution is 6.32. The predicted molar refractivity (Wildman–Crippen MR) is 68.2 cm³/mol. The summed E-state index contributed by atoms with van der Waals surface area (Å²) in [6.45, 7) is 8.40. The minimum Gasteiger partial charge on any atom is -0.492 e. The molecule has 0 aliphatic heterocycles. The topological polar surface area (TPSA) is 25.8 Å². The van der Waals surface area contributed by atoms with Gasteiger partial charge >= 0.3 is 0 Å². The second-order valence-electron chi connectivity index (χ2n) is 3.69. The maximum Gasteiger partial charge on any atom is 0.140 e. The van der Waals surface area contributed by atoms with Crippen molar-refractivity contribution in [3.05, 3.63) is 41.4 Å². The Morgan fingerprint density at radius 2 is 2.31 bits per heavy atom. The summed E-state index contributed by atoms with van der Waals surface area (Å²) in [5, 5.41) is 2.89. The van der Waals surface area contributed by atoms with Crippen LogP contribution in [-0.4, -0.2) is 19.7 Å². The van der Waals surface area contributed by atoms with Gasteiger partial charge < -0.3 is 10.1 Å². The molecular formula is C13H19ClNO+. The lowest BCUT2D eigenvalue weighted by Gasteiger charge is -2.10. The maximum absolute atomic E-state index is 6.05. The van der Waals surface area contributed by atoms with Crippen molar-refractivity contribution in [1.82, 2.24) is 0 Å². The summed E-state index contributed by atoms with van der Waals surface area (Å²) in [4.78, 5) is 0. The number of rotatable bonds is 7. The number of benzene rings is 1. The monoisotopic (exact) mass is 240 g/mol. The molecule has 0 aliphatic rings. The average Bonchev–Trinajstić information content (AvgIpc) is 2.26. The molecule has 16 heavy (non-hydrogen) atoms. The minimum atomic E-state index is 0.690. The van der Waals surface area contributed by atoms with E-state index >= 15 is 0 Å². The lowest BCUT2D eigenvalue weighted by atomic mass is 10.2. The van der Waals surface area contributed by atoms with E-state index in [4.69, 9.17) is 16.3 Å². The van der Waals surface area contributed by atoms with Crippen molar-refractivity contribution < 1.29 is 10.1 Å². The number of aryl methyl sites for hydroxylation is 1. The van der Waals surface area contributed by atoms with E-state index in [0.29, 0.717) is 11.6 Å². The van der Waals surface area contributed by atoms with E-state index in [1.165, 1.54) is 0 Å². The zero-order valence-corrected chi connectivity index (χ0v) is 10.5. The number of halogens is 1. The highest BCUT2D eigenvalue weighted by Crippen LogP contribution is 2.27. The molecule has 1 aromatic rings. The summed E-state index contributed by atoms with van der Waals surface area (Å²) in [5.41, 5.74) is 1.09. The van der Waals surface area contributed by atoms with Gasteiger partial charge in [0.2, 0.25) is 0 Å². The van der Waals surface area contributed by atoms with Crippen molar-refractivity contribution in [1.29, 1.82) is 0 Å². The van der Waals surface area contributed by atoms with E-state index in [1.54, 1.807) is 0 Å². The molecule has 1 aromatic carbocycles. The Morgan fingerprint density at radius 1 is 1.50 bits per heavy atom. The third-order valence-electron chi connectivity index (χ3n) is 2.30. The molecule has 0 saturated carbocycles. The van der Waals surface area contributed by atoms with Crippen molar-refractivity contribution in [2.45, 2.75) is 13.3 Å². The molecule has 2 nitrogen and oxygen atoms in total. The Balaban J connectivity index is 2.29. The van der Waals surface area contributed by atoms with Crippen molar-refractivity contribution in [2.75, 3.05) is 19.7 Å². The van der Waals surface area contributed by atoms with Crippen LogP contribution < -0.4 is 10.1 Å². The van der Waals surface area contributed by atoms with Crippen LogP contribution in [-0.2, 0) is 0 Å². The lowest BCUT2D eigenvalue weighted by Crippen LogP contribution is -2.84. The Kier molecular flexibility index (Phi) is 5.98. The summed E-state index contributed by atoms with van der Waals surface area (Å²) in [5.74, 6) is 0.813. The standard InChI is InChI=1S/C13H18ClNO/c1-3-8-15-9-5-10-16-13-11(2)6-4-7-12(13)14/h3-4,6-7,15H,1,5,8-10H2,2H3/p+1. The van der Waals surface area contributed by atoms with Crippen LogP contribution in [0.1, 0.15) is 12.0 Å². The summed E-state index contributed by atoms with van der Waals surface area (Å²) in [6, 6.07) is 5.79. The maximum atomic E-state index is 6.05. The molecule has 0 spiro atoms. The third kappa shape index (κ3) is 4.25. The third-order valence-corrected chi connectivity index (χ3v) is 2.59. The van der Waals surface area contributed by atoms with Crippen molar-refractivity contribution in [3.8, 4) is 5.75 Å². The number of para-hydroxylation sites is 1. The Bertz CT molecular complexity index is 318. The van der Waals surface area contributed by atoms with Gasteiger partial charge in [-0.1, -0.05) is 30.3 Å². The molecule has 0 radical (unpaired) electrons. The Morgan fingerprint density at radius 3 is 3.00 bits per heavy atom. The van der Waals surface area contributed by atoms with Gasteiger partial charge in [0, 0.05) is 6.42 Å². The summed E-state index contributed by atoms with van der Waals surface area (Å²) in [6.07, 6.45) is 2.91. The summed E-state index contributed by atoms with van der Waals surface area (Å²) in [7, 11) is 0.